The zero-order valence-electron chi connectivity index (χ0n) is 14.1. The highest BCUT2D eigenvalue weighted by atomic mass is 16.5. The monoisotopic (exact) mass is 337 g/mol. The van der Waals surface area contributed by atoms with Crippen molar-refractivity contribution in [2.45, 2.75) is 20.3 Å². The number of nitrogens with one attached hydrogen (secondary N) is 1. The summed E-state index contributed by atoms with van der Waals surface area (Å²) in [4.78, 5) is 26.4. The van der Waals surface area contributed by atoms with E-state index >= 15 is 0 Å². The minimum Gasteiger partial charge on any atom is -0.477 e. The standard InChI is InChI=1S/C20H19NO4/c1-3-13-8-16-18(21-10-17(19(16)22)20(23)24)9-14(13)11-25-15-6-4-12(2)5-7-15/h4-11,13,21H,3H2,1-2H3,(H,23,24). The van der Waals surface area contributed by atoms with Crippen LogP contribution in [0.15, 0.2) is 47.1 Å². The highest BCUT2D eigenvalue weighted by Gasteiger charge is 2.16. The van der Waals surface area contributed by atoms with Crippen LogP contribution in [0.2, 0.25) is 0 Å². The van der Waals surface area contributed by atoms with Gasteiger partial charge in [-0.25, -0.2) is 4.79 Å². The molecule has 0 saturated carbocycles. The van der Waals surface area contributed by atoms with E-state index in [0.717, 1.165) is 23.3 Å². The van der Waals surface area contributed by atoms with Crippen LogP contribution < -0.4 is 20.7 Å². The molecule has 0 bridgehead atoms. The first-order chi connectivity index (χ1) is 12.0. The number of carboxylic acids is 1. The lowest BCUT2D eigenvalue weighted by atomic mass is 9.91. The van der Waals surface area contributed by atoms with Gasteiger partial charge in [-0.1, -0.05) is 30.7 Å². The highest BCUT2D eigenvalue weighted by molar-refractivity contribution is 5.87. The van der Waals surface area contributed by atoms with Gasteiger partial charge in [0.15, 0.2) is 0 Å². The number of hydrogen-bond donors (Lipinski definition) is 2. The van der Waals surface area contributed by atoms with Crippen molar-refractivity contribution in [1.29, 1.82) is 0 Å². The van der Waals surface area contributed by atoms with Crippen molar-refractivity contribution >= 4 is 18.1 Å². The number of carboxylic acid groups (broad SMARTS) is 1. The van der Waals surface area contributed by atoms with Gasteiger partial charge in [-0.05, 0) is 37.1 Å². The van der Waals surface area contributed by atoms with Crippen LogP contribution in [-0.4, -0.2) is 16.1 Å². The summed E-state index contributed by atoms with van der Waals surface area (Å²) in [7, 11) is 0. The van der Waals surface area contributed by atoms with E-state index in [1.807, 2.05) is 50.3 Å². The molecule has 1 aromatic heterocycles. The largest absolute Gasteiger partial charge is 0.477 e. The number of carbonyl (C=O) groups is 1. The quantitative estimate of drug-likeness (QED) is 0.836. The first kappa shape index (κ1) is 16.8. The van der Waals surface area contributed by atoms with Gasteiger partial charge in [0.25, 0.3) is 0 Å². The van der Waals surface area contributed by atoms with Gasteiger partial charge in [-0.15, -0.1) is 0 Å². The molecule has 25 heavy (non-hydrogen) atoms. The van der Waals surface area contributed by atoms with Crippen molar-refractivity contribution in [1.82, 2.24) is 4.98 Å². The maximum Gasteiger partial charge on any atom is 0.341 e. The van der Waals surface area contributed by atoms with E-state index in [2.05, 4.69) is 4.98 Å². The number of rotatable bonds is 4. The Morgan fingerprint density at radius 1 is 1.32 bits per heavy atom. The van der Waals surface area contributed by atoms with Crippen LogP contribution in [0.5, 0.6) is 5.75 Å². The Kier molecular flexibility index (Phi) is 4.57. The van der Waals surface area contributed by atoms with Gasteiger partial charge in [0, 0.05) is 22.7 Å². The zero-order chi connectivity index (χ0) is 18.0. The minimum absolute atomic E-state index is 0.0110. The molecule has 0 fully saturated rings. The Bertz CT molecular complexity index is 1010. The maximum atomic E-state index is 12.3. The van der Waals surface area contributed by atoms with Crippen LogP contribution in [0.3, 0.4) is 0 Å². The van der Waals surface area contributed by atoms with E-state index < -0.39 is 11.4 Å². The van der Waals surface area contributed by atoms with E-state index in [9.17, 15) is 9.59 Å². The smallest absolute Gasteiger partial charge is 0.341 e. The molecule has 3 rings (SSSR count). The fraction of sp³-hybridized carbons (Fsp3) is 0.200. The third-order valence-corrected chi connectivity index (χ3v) is 4.28. The van der Waals surface area contributed by atoms with Crippen molar-refractivity contribution in [2.24, 2.45) is 5.92 Å². The number of aromatic carboxylic acids is 1. The summed E-state index contributed by atoms with van der Waals surface area (Å²) in [5, 5.41) is 10.1. The highest BCUT2D eigenvalue weighted by Crippen LogP contribution is 2.21. The lowest BCUT2D eigenvalue weighted by molar-refractivity contribution is 0.0695. The van der Waals surface area contributed by atoms with Crippen molar-refractivity contribution in [3.63, 3.8) is 0 Å². The van der Waals surface area contributed by atoms with Gasteiger partial charge in [0.2, 0.25) is 5.43 Å². The number of aromatic nitrogens is 1. The average Bonchev–Trinajstić information content (AvgIpc) is 2.60. The Labute approximate surface area is 144 Å². The molecular formula is C20H19NO4. The van der Waals surface area contributed by atoms with Crippen LogP contribution in [-0.2, 0) is 0 Å². The van der Waals surface area contributed by atoms with E-state index in [-0.39, 0.29) is 11.5 Å². The summed E-state index contributed by atoms with van der Waals surface area (Å²) in [5.41, 5.74) is 1.37. The van der Waals surface area contributed by atoms with Crippen molar-refractivity contribution in [3.05, 3.63) is 74.2 Å². The lowest BCUT2D eigenvalue weighted by Gasteiger charge is -2.16. The fourth-order valence-electron chi connectivity index (χ4n) is 2.80. The van der Waals surface area contributed by atoms with Crippen LogP contribution in [0.4, 0.5) is 0 Å². The van der Waals surface area contributed by atoms with Gasteiger partial charge < -0.3 is 14.8 Å². The third kappa shape index (κ3) is 3.40. The Balaban J connectivity index is 2.02. The first-order valence-corrected chi connectivity index (χ1v) is 8.11. The van der Waals surface area contributed by atoms with E-state index in [1.165, 1.54) is 6.20 Å². The minimum atomic E-state index is -1.23. The molecule has 1 unspecified atom stereocenters. The summed E-state index contributed by atoms with van der Waals surface area (Å²) >= 11 is 0. The number of hydrogen-bond acceptors (Lipinski definition) is 3. The van der Waals surface area contributed by atoms with E-state index in [4.69, 9.17) is 9.84 Å². The predicted molar refractivity (Wildman–Crippen MR) is 95.9 cm³/mol. The molecule has 0 spiro atoms. The number of allylic oxidation sites excluding steroid dienone is 1. The van der Waals surface area contributed by atoms with Gasteiger partial charge in [0.05, 0.1) is 6.26 Å². The van der Waals surface area contributed by atoms with Crippen LogP contribution >= 0.6 is 0 Å². The maximum absolute atomic E-state index is 12.3. The summed E-state index contributed by atoms with van der Waals surface area (Å²) in [6, 6.07) is 7.74. The summed E-state index contributed by atoms with van der Waals surface area (Å²) in [6.07, 6.45) is 7.34. The van der Waals surface area contributed by atoms with E-state index in [0.29, 0.717) is 10.6 Å². The summed E-state index contributed by atoms with van der Waals surface area (Å²) in [5.74, 6) is -0.500. The Morgan fingerprint density at radius 2 is 2.04 bits per heavy atom. The van der Waals surface area contributed by atoms with Crippen molar-refractivity contribution in [3.8, 4) is 5.75 Å². The zero-order valence-corrected chi connectivity index (χ0v) is 14.1. The molecule has 0 aliphatic heterocycles. The molecule has 5 heteroatoms. The van der Waals surface area contributed by atoms with Gasteiger partial charge in [0.1, 0.15) is 11.3 Å². The van der Waals surface area contributed by atoms with E-state index in [1.54, 1.807) is 6.26 Å². The number of aromatic amines is 1. The number of aryl methyl sites for hydroxylation is 1. The molecule has 1 aliphatic carbocycles. The van der Waals surface area contributed by atoms with Gasteiger partial charge in [-0.2, -0.15) is 0 Å². The fourth-order valence-corrected chi connectivity index (χ4v) is 2.80. The molecule has 0 radical (unpaired) electrons. The average molecular weight is 337 g/mol. The number of fused-ring (bicyclic) bond motifs is 1. The number of ether oxygens (including phenoxy) is 1. The molecule has 2 N–H and O–H groups in total. The molecule has 1 heterocycles. The van der Waals surface area contributed by atoms with Crippen molar-refractivity contribution < 1.29 is 14.6 Å². The third-order valence-electron chi connectivity index (χ3n) is 4.28. The summed E-state index contributed by atoms with van der Waals surface area (Å²) < 4.78 is 5.74. The Morgan fingerprint density at radius 3 is 2.68 bits per heavy atom. The molecule has 1 aliphatic rings. The second-order valence-corrected chi connectivity index (χ2v) is 6.04. The molecule has 0 saturated heterocycles. The molecular weight excluding hydrogens is 318 g/mol. The Hall–Kier alpha value is -3.08. The van der Waals surface area contributed by atoms with Crippen molar-refractivity contribution in [2.75, 3.05) is 0 Å². The van der Waals surface area contributed by atoms with Crippen LogP contribution in [0, 0.1) is 12.8 Å². The van der Waals surface area contributed by atoms with Crippen LogP contribution in [0.25, 0.3) is 12.2 Å². The second kappa shape index (κ2) is 6.81. The normalized spacial score (nSPS) is 17.4. The molecule has 128 valence electrons. The number of benzene rings is 1. The van der Waals surface area contributed by atoms with Gasteiger partial charge in [-0.3, -0.25) is 4.79 Å². The van der Waals surface area contributed by atoms with Crippen LogP contribution in [0.1, 0.15) is 29.3 Å². The summed E-state index contributed by atoms with van der Waals surface area (Å²) in [6.45, 7) is 4.02. The van der Waals surface area contributed by atoms with Gasteiger partial charge >= 0.3 is 5.97 Å². The molecule has 2 aromatic rings. The number of pyridine rings is 1. The first-order valence-electron chi connectivity index (χ1n) is 8.11. The molecule has 5 nitrogen and oxygen atoms in total. The predicted octanol–water partition coefficient (Wildman–Crippen LogP) is 1.95. The lowest BCUT2D eigenvalue weighted by Crippen LogP contribution is -2.46. The topological polar surface area (TPSA) is 79.4 Å². The number of H-pyrrole nitrogens is 1. The SMILES string of the molecule is CCC1C=c2c([nH]cc(C(=O)O)c2=O)=CC1=COc1ccc(C)cc1. The molecule has 0 amide bonds. The molecule has 1 aromatic carbocycles. The molecule has 1 atom stereocenters. The second-order valence-electron chi connectivity index (χ2n) is 6.04.